The molecule has 0 aromatic carbocycles. The Kier molecular flexibility index (Phi) is 5.41. The maximum Gasteiger partial charge on any atom is 0.319 e. The molecule has 1 saturated carbocycles. The predicted molar refractivity (Wildman–Crippen MR) is 75.1 cm³/mol. The summed E-state index contributed by atoms with van der Waals surface area (Å²) in [6, 6.07) is -0.614. The standard InChI is InChI=1S/C14H24N2O5/c1-15(5-6-20-7-10-3-4-10)14(19)16(2)12-9-21-8-11(12)13(17)18/h10-12H,3-9H2,1-2H3,(H,17,18). The summed E-state index contributed by atoms with van der Waals surface area (Å²) >= 11 is 0. The second kappa shape index (κ2) is 7.09. The Morgan fingerprint density at radius 2 is 2.00 bits per heavy atom. The van der Waals surface area contributed by atoms with Crippen LogP contribution < -0.4 is 0 Å². The molecular formula is C14H24N2O5. The Hall–Kier alpha value is -1.34. The number of likely N-dealkylation sites (N-methyl/N-ethyl adjacent to an activating group) is 2. The molecule has 0 aromatic heterocycles. The molecule has 2 amide bonds. The van der Waals surface area contributed by atoms with Crippen molar-refractivity contribution in [1.29, 1.82) is 0 Å². The third-order valence-electron chi connectivity index (χ3n) is 4.11. The maximum absolute atomic E-state index is 12.3. The minimum Gasteiger partial charge on any atom is -0.481 e. The van der Waals surface area contributed by atoms with Gasteiger partial charge in [-0.15, -0.1) is 0 Å². The van der Waals surface area contributed by atoms with Gasteiger partial charge in [0.2, 0.25) is 0 Å². The summed E-state index contributed by atoms with van der Waals surface area (Å²) in [5.41, 5.74) is 0. The summed E-state index contributed by atoms with van der Waals surface area (Å²) in [7, 11) is 3.32. The van der Waals surface area contributed by atoms with Crippen molar-refractivity contribution >= 4 is 12.0 Å². The van der Waals surface area contributed by atoms with Gasteiger partial charge < -0.3 is 24.4 Å². The molecule has 0 spiro atoms. The molecule has 1 N–H and O–H groups in total. The molecule has 2 rings (SSSR count). The number of rotatable bonds is 7. The SMILES string of the molecule is CN(CCOCC1CC1)C(=O)N(C)C1COCC1C(=O)O. The highest BCUT2D eigenvalue weighted by molar-refractivity contribution is 5.77. The highest BCUT2D eigenvalue weighted by atomic mass is 16.5. The van der Waals surface area contributed by atoms with Crippen molar-refractivity contribution in [3.8, 4) is 0 Å². The van der Waals surface area contributed by atoms with Gasteiger partial charge >= 0.3 is 12.0 Å². The van der Waals surface area contributed by atoms with Gasteiger partial charge in [0.25, 0.3) is 0 Å². The van der Waals surface area contributed by atoms with Crippen LogP contribution in [0.3, 0.4) is 0 Å². The van der Waals surface area contributed by atoms with Gasteiger partial charge in [0.1, 0.15) is 5.92 Å². The molecule has 2 aliphatic rings. The zero-order valence-electron chi connectivity index (χ0n) is 12.7. The van der Waals surface area contributed by atoms with E-state index >= 15 is 0 Å². The number of carbonyl (C=O) groups excluding carboxylic acids is 1. The molecular weight excluding hydrogens is 276 g/mol. The number of amides is 2. The molecule has 0 aromatic rings. The van der Waals surface area contributed by atoms with Gasteiger partial charge in [0, 0.05) is 27.2 Å². The van der Waals surface area contributed by atoms with Gasteiger partial charge in [-0.1, -0.05) is 0 Å². The lowest BCUT2D eigenvalue weighted by Gasteiger charge is -2.30. The Balaban J connectivity index is 1.75. The van der Waals surface area contributed by atoms with Crippen LogP contribution >= 0.6 is 0 Å². The highest BCUT2D eigenvalue weighted by Crippen LogP contribution is 2.28. The normalized spacial score (nSPS) is 24.9. The molecule has 1 saturated heterocycles. The fourth-order valence-corrected chi connectivity index (χ4v) is 2.40. The van der Waals surface area contributed by atoms with Gasteiger partial charge in [0.05, 0.1) is 25.9 Å². The van der Waals surface area contributed by atoms with Crippen molar-refractivity contribution in [3.63, 3.8) is 0 Å². The molecule has 2 unspecified atom stereocenters. The molecule has 7 heteroatoms. The Labute approximate surface area is 124 Å². The Morgan fingerprint density at radius 3 is 2.62 bits per heavy atom. The minimum absolute atomic E-state index is 0.159. The van der Waals surface area contributed by atoms with Crippen molar-refractivity contribution in [2.75, 3.05) is 47.1 Å². The minimum atomic E-state index is -0.924. The summed E-state index contributed by atoms with van der Waals surface area (Å²) in [5.74, 6) is -0.869. The zero-order valence-corrected chi connectivity index (χ0v) is 12.7. The van der Waals surface area contributed by atoms with Crippen molar-refractivity contribution in [3.05, 3.63) is 0 Å². The van der Waals surface area contributed by atoms with Gasteiger partial charge in [-0.25, -0.2) is 4.79 Å². The molecule has 2 atom stereocenters. The van der Waals surface area contributed by atoms with Crippen molar-refractivity contribution < 1.29 is 24.2 Å². The number of carboxylic acids is 1. The number of carbonyl (C=O) groups is 2. The number of ether oxygens (including phenoxy) is 2. The average molecular weight is 300 g/mol. The van der Waals surface area contributed by atoms with Crippen LogP contribution in [0.2, 0.25) is 0 Å². The van der Waals surface area contributed by atoms with E-state index in [4.69, 9.17) is 14.6 Å². The third kappa shape index (κ3) is 4.31. The summed E-state index contributed by atoms with van der Waals surface area (Å²) in [6.07, 6.45) is 2.49. The smallest absolute Gasteiger partial charge is 0.319 e. The van der Waals surface area contributed by atoms with Gasteiger partial charge in [-0.05, 0) is 18.8 Å². The molecule has 2 fully saturated rings. The van der Waals surface area contributed by atoms with E-state index in [0.717, 1.165) is 6.61 Å². The quantitative estimate of drug-likeness (QED) is 0.693. The van der Waals surface area contributed by atoms with Crippen molar-refractivity contribution in [2.45, 2.75) is 18.9 Å². The first-order valence-electron chi connectivity index (χ1n) is 7.37. The number of hydrogen-bond acceptors (Lipinski definition) is 4. The average Bonchev–Trinajstić information content (AvgIpc) is 3.14. The molecule has 1 aliphatic carbocycles. The van der Waals surface area contributed by atoms with Crippen molar-refractivity contribution in [1.82, 2.24) is 9.80 Å². The highest BCUT2D eigenvalue weighted by Gasteiger charge is 2.39. The van der Waals surface area contributed by atoms with Crippen LogP contribution in [0.25, 0.3) is 0 Å². The summed E-state index contributed by atoms with van der Waals surface area (Å²) in [4.78, 5) is 26.4. The van der Waals surface area contributed by atoms with Crippen LogP contribution in [0.15, 0.2) is 0 Å². The molecule has 0 bridgehead atoms. The first-order valence-corrected chi connectivity index (χ1v) is 7.37. The number of carboxylic acid groups (broad SMARTS) is 1. The lowest BCUT2D eigenvalue weighted by Crippen LogP contribution is -2.49. The lowest BCUT2D eigenvalue weighted by atomic mass is 10.0. The fraction of sp³-hybridized carbons (Fsp3) is 0.857. The molecule has 120 valence electrons. The van der Waals surface area contributed by atoms with Crippen molar-refractivity contribution in [2.24, 2.45) is 11.8 Å². The van der Waals surface area contributed by atoms with E-state index in [1.165, 1.54) is 17.7 Å². The van der Waals surface area contributed by atoms with E-state index in [0.29, 0.717) is 19.1 Å². The van der Waals surface area contributed by atoms with Crippen LogP contribution in [-0.4, -0.2) is 80.0 Å². The molecule has 21 heavy (non-hydrogen) atoms. The van der Waals surface area contributed by atoms with Crippen LogP contribution in [0.5, 0.6) is 0 Å². The summed E-state index contributed by atoms with van der Waals surface area (Å²) in [6.45, 7) is 2.21. The Bertz CT molecular complexity index is 386. The molecule has 0 radical (unpaired) electrons. The van der Waals surface area contributed by atoms with E-state index in [9.17, 15) is 9.59 Å². The van der Waals surface area contributed by atoms with E-state index in [1.807, 2.05) is 0 Å². The Morgan fingerprint density at radius 1 is 1.29 bits per heavy atom. The zero-order chi connectivity index (χ0) is 15.4. The topological polar surface area (TPSA) is 79.3 Å². The number of nitrogens with zero attached hydrogens (tertiary/aromatic N) is 2. The summed E-state index contributed by atoms with van der Waals surface area (Å²) in [5, 5.41) is 9.13. The van der Waals surface area contributed by atoms with E-state index in [-0.39, 0.29) is 19.2 Å². The van der Waals surface area contributed by atoms with E-state index in [1.54, 1.807) is 19.0 Å². The predicted octanol–water partition coefficient (Wildman–Crippen LogP) is 0.496. The monoisotopic (exact) mass is 300 g/mol. The molecule has 1 aliphatic heterocycles. The number of urea groups is 1. The third-order valence-corrected chi connectivity index (χ3v) is 4.11. The van der Waals surface area contributed by atoms with Gasteiger partial charge in [-0.3, -0.25) is 4.79 Å². The summed E-state index contributed by atoms with van der Waals surface area (Å²) < 4.78 is 10.7. The lowest BCUT2D eigenvalue weighted by molar-refractivity contribution is -0.142. The van der Waals surface area contributed by atoms with Crippen LogP contribution in [0, 0.1) is 11.8 Å². The van der Waals surface area contributed by atoms with Crippen LogP contribution in [0.1, 0.15) is 12.8 Å². The number of aliphatic carboxylic acids is 1. The fourth-order valence-electron chi connectivity index (χ4n) is 2.40. The van der Waals surface area contributed by atoms with E-state index < -0.39 is 17.9 Å². The van der Waals surface area contributed by atoms with E-state index in [2.05, 4.69) is 0 Å². The molecule has 1 heterocycles. The van der Waals surface area contributed by atoms with Crippen LogP contribution in [-0.2, 0) is 14.3 Å². The second-order valence-corrected chi connectivity index (χ2v) is 5.88. The first kappa shape index (κ1) is 16.0. The van der Waals surface area contributed by atoms with Crippen LogP contribution in [0.4, 0.5) is 4.79 Å². The maximum atomic E-state index is 12.3. The number of hydrogen-bond donors (Lipinski definition) is 1. The second-order valence-electron chi connectivity index (χ2n) is 5.88. The molecule has 7 nitrogen and oxygen atoms in total. The van der Waals surface area contributed by atoms with Gasteiger partial charge in [0.15, 0.2) is 0 Å². The van der Waals surface area contributed by atoms with Gasteiger partial charge in [-0.2, -0.15) is 0 Å². The largest absolute Gasteiger partial charge is 0.481 e. The first-order chi connectivity index (χ1) is 10.0.